The number of ether oxygens (including phenoxy) is 1. The third-order valence-corrected chi connectivity index (χ3v) is 2.84. The van der Waals surface area contributed by atoms with Gasteiger partial charge in [-0.1, -0.05) is 19.9 Å². The van der Waals surface area contributed by atoms with Gasteiger partial charge in [0.25, 0.3) is 0 Å². The summed E-state index contributed by atoms with van der Waals surface area (Å²) < 4.78 is 5.44. The molecule has 0 heterocycles. The van der Waals surface area contributed by atoms with Crippen molar-refractivity contribution in [3.05, 3.63) is 29.3 Å². The third kappa shape index (κ3) is 3.69. The van der Waals surface area contributed by atoms with Crippen LogP contribution in [0.5, 0.6) is 5.75 Å². The summed E-state index contributed by atoms with van der Waals surface area (Å²) >= 11 is 5.49. The maximum Gasteiger partial charge on any atom is 0.119 e. The van der Waals surface area contributed by atoms with Gasteiger partial charge in [0.05, 0.1) is 5.88 Å². The zero-order chi connectivity index (χ0) is 12.1. The standard InChI is InChI=1S/C13H19ClO2/c1-9(2)13-5-4-12(6-10(13)3)16-8-11(15)7-14/h4-6,9,11,15H,7-8H2,1-3H3. The smallest absolute Gasteiger partial charge is 0.119 e. The Balaban J connectivity index is 2.66. The van der Waals surface area contributed by atoms with Gasteiger partial charge in [0.1, 0.15) is 18.5 Å². The van der Waals surface area contributed by atoms with Crippen LogP contribution in [0, 0.1) is 6.92 Å². The zero-order valence-electron chi connectivity index (χ0n) is 10.0. The molecule has 1 unspecified atom stereocenters. The third-order valence-electron chi connectivity index (χ3n) is 2.48. The van der Waals surface area contributed by atoms with E-state index in [4.69, 9.17) is 16.3 Å². The lowest BCUT2D eigenvalue weighted by Crippen LogP contribution is -2.18. The molecule has 0 aliphatic heterocycles. The van der Waals surface area contributed by atoms with Crippen molar-refractivity contribution < 1.29 is 9.84 Å². The number of aliphatic hydroxyl groups is 1. The van der Waals surface area contributed by atoms with Crippen molar-refractivity contribution in [1.82, 2.24) is 0 Å². The van der Waals surface area contributed by atoms with Crippen LogP contribution < -0.4 is 4.74 Å². The van der Waals surface area contributed by atoms with E-state index in [1.165, 1.54) is 11.1 Å². The highest BCUT2D eigenvalue weighted by atomic mass is 35.5. The molecule has 0 aliphatic rings. The molecule has 16 heavy (non-hydrogen) atoms. The molecule has 0 spiro atoms. The summed E-state index contributed by atoms with van der Waals surface area (Å²) in [5.41, 5.74) is 2.54. The largest absolute Gasteiger partial charge is 0.491 e. The summed E-state index contributed by atoms with van der Waals surface area (Å²) in [4.78, 5) is 0. The van der Waals surface area contributed by atoms with Gasteiger partial charge in [0, 0.05) is 0 Å². The molecule has 2 nitrogen and oxygen atoms in total. The number of aliphatic hydroxyl groups excluding tert-OH is 1. The highest BCUT2D eigenvalue weighted by Gasteiger charge is 2.06. The Labute approximate surface area is 102 Å². The predicted octanol–water partition coefficient (Wildman–Crippen LogP) is 3.10. The molecule has 3 heteroatoms. The molecule has 0 amide bonds. The lowest BCUT2D eigenvalue weighted by Gasteiger charge is -2.13. The minimum Gasteiger partial charge on any atom is -0.491 e. The lowest BCUT2D eigenvalue weighted by atomic mass is 9.98. The van der Waals surface area contributed by atoms with E-state index in [2.05, 4.69) is 26.8 Å². The minimum atomic E-state index is -0.605. The summed E-state index contributed by atoms with van der Waals surface area (Å²) in [7, 11) is 0. The number of hydrogen-bond acceptors (Lipinski definition) is 2. The number of benzene rings is 1. The Hall–Kier alpha value is -0.730. The SMILES string of the molecule is Cc1cc(OCC(O)CCl)ccc1C(C)C. The van der Waals surface area contributed by atoms with Gasteiger partial charge in [0.15, 0.2) is 0 Å². The van der Waals surface area contributed by atoms with Crippen LogP contribution in [0.4, 0.5) is 0 Å². The number of aryl methyl sites for hydroxylation is 1. The van der Waals surface area contributed by atoms with Gasteiger partial charge in [-0.15, -0.1) is 11.6 Å². The molecule has 1 aromatic carbocycles. The van der Waals surface area contributed by atoms with Crippen molar-refractivity contribution in [2.75, 3.05) is 12.5 Å². The van der Waals surface area contributed by atoms with Crippen LogP contribution in [-0.4, -0.2) is 23.7 Å². The Kier molecular flexibility index (Phi) is 5.10. The predicted molar refractivity (Wildman–Crippen MR) is 67.5 cm³/mol. The van der Waals surface area contributed by atoms with Crippen LogP contribution in [0.25, 0.3) is 0 Å². The van der Waals surface area contributed by atoms with Crippen molar-refractivity contribution in [1.29, 1.82) is 0 Å². The molecule has 0 fully saturated rings. The molecule has 0 saturated heterocycles. The first-order chi connectivity index (χ1) is 7.54. The van der Waals surface area contributed by atoms with Gasteiger partial charge in [-0.3, -0.25) is 0 Å². The highest BCUT2D eigenvalue weighted by Crippen LogP contribution is 2.23. The number of alkyl halides is 1. The van der Waals surface area contributed by atoms with Gasteiger partial charge >= 0.3 is 0 Å². The molecule has 1 N–H and O–H groups in total. The second kappa shape index (κ2) is 6.12. The first-order valence-corrected chi connectivity index (χ1v) is 6.05. The number of rotatable bonds is 5. The average molecular weight is 243 g/mol. The highest BCUT2D eigenvalue weighted by molar-refractivity contribution is 6.18. The fourth-order valence-electron chi connectivity index (χ4n) is 1.62. The first-order valence-electron chi connectivity index (χ1n) is 5.52. The molecule has 90 valence electrons. The maximum absolute atomic E-state index is 9.27. The Morgan fingerprint density at radius 2 is 2.06 bits per heavy atom. The van der Waals surface area contributed by atoms with Crippen LogP contribution >= 0.6 is 11.6 Å². The summed E-state index contributed by atoms with van der Waals surface area (Å²) in [5.74, 6) is 1.50. The van der Waals surface area contributed by atoms with Gasteiger partial charge in [-0.25, -0.2) is 0 Å². The van der Waals surface area contributed by atoms with Crippen LogP contribution in [0.2, 0.25) is 0 Å². The zero-order valence-corrected chi connectivity index (χ0v) is 10.8. The van der Waals surface area contributed by atoms with Gasteiger partial charge < -0.3 is 9.84 Å². The van der Waals surface area contributed by atoms with E-state index in [-0.39, 0.29) is 12.5 Å². The Bertz CT molecular complexity index is 337. The molecular formula is C13H19ClO2. The normalized spacial score (nSPS) is 12.9. The monoisotopic (exact) mass is 242 g/mol. The first kappa shape index (κ1) is 13.3. The second-order valence-corrected chi connectivity index (χ2v) is 4.60. The maximum atomic E-state index is 9.27. The fourth-order valence-corrected chi connectivity index (χ4v) is 1.71. The van der Waals surface area contributed by atoms with Gasteiger partial charge in [-0.05, 0) is 36.1 Å². The molecule has 0 saturated carbocycles. The van der Waals surface area contributed by atoms with E-state index >= 15 is 0 Å². The van der Waals surface area contributed by atoms with Crippen molar-refractivity contribution in [2.24, 2.45) is 0 Å². The number of hydrogen-bond donors (Lipinski definition) is 1. The molecule has 1 atom stereocenters. The van der Waals surface area contributed by atoms with Crippen molar-refractivity contribution in [3.8, 4) is 5.75 Å². The fraction of sp³-hybridized carbons (Fsp3) is 0.538. The number of halogens is 1. The van der Waals surface area contributed by atoms with Gasteiger partial charge in [-0.2, -0.15) is 0 Å². The van der Waals surface area contributed by atoms with E-state index in [0.29, 0.717) is 5.92 Å². The summed E-state index contributed by atoms with van der Waals surface area (Å²) in [6, 6.07) is 6.00. The molecule has 0 aromatic heterocycles. The van der Waals surface area contributed by atoms with E-state index in [9.17, 15) is 5.11 Å². The second-order valence-electron chi connectivity index (χ2n) is 4.29. The summed E-state index contributed by atoms with van der Waals surface area (Å²) in [6.45, 7) is 6.64. The van der Waals surface area contributed by atoms with E-state index in [0.717, 1.165) is 5.75 Å². The minimum absolute atomic E-state index is 0.197. The molecule has 0 bridgehead atoms. The van der Waals surface area contributed by atoms with Crippen LogP contribution in [0.15, 0.2) is 18.2 Å². The quantitative estimate of drug-likeness (QED) is 0.804. The Morgan fingerprint density at radius 1 is 1.38 bits per heavy atom. The van der Waals surface area contributed by atoms with Crippen LogP contribution in [0.1, 0.15) is 30.9 Å². The van der Waals surface area contributed by atoms with Crippen LogP contribution in [-0.2, 0) is 0 Å². The average Bonchev–Trinajstić information content (AvgIpc) is 2.25. The van der Waals surface area contributed by atoms with E-state index < -0.39 is 6.10 Å². The topological polar surface area (TPSA) is 29.5 Å². The molecular weight excluding hydrogens is 224 g/mol. The Morgan fingerprint density at radius 3 is 2.56 bits per heavy atom. The summed E-state index contributed by atoms with van der Waals surface area (Å²) in [6.07, 6.45) is -0.605. The van der Waals surface area contributed by atoms with Gasteiger partial charge in [0.2, 0.25) is 0 Å². The molecule has 1 aromatic rings. The van der Waals surface area contributed by atoms with Crippen molar-refractivity contribution in [3.63, 3.8) is 0 Å². The van der Waals surface area contributed by atoms with Crippen LogP contribution in [0.3, 0.4) is 0 Å². The van der Waals surface area contributed by atoms with E-state index in [1.807, 2.05) is 12.1 Å². The van der Waals surface area contributed by atoms with E-state index in [1.54, 1.807) is 0 Å². The van der Waals surface area contributed by atoms with Crippen molar-refractivity contribution in [2.45, 2.75) is 32.8 Å². The summed E-state index contributed by atoms with van der Waals surface area (Å²) in [5, 5.41) is 9.27. The molecule has 1 rings (SSSR count). The van der Waals surface area contributed by atoms with Crippen molar-refractivity contribution >= 4 is 11.6 Å². The molecule has 0 radical (unpaired) electrons. The molecule has 0 aliphatic carbocycles. The lowest BCUT2D eigenvalue weighted by molar-refractivity contribution is 0.125.